The molecule has 0 radical (unpaired) electrons. The molecule has 7 heteroatoms. The molecule has 2 aromatic rings. The smallest absolute Gasteiger partial charge is 0.342 e. The van der Waals surface area contributed by atoms with E-state index in [0.29, 0.717) is 12.2 Å². The molecule has 0 aliphatic rings. The van der Waals surface area contributed by atoms with Crippen LogP contribution in [0.15, 0.2) is 30.5 Å². The molecule has 114 valence electrons. The summed E-state index contributed by atoms with van der Waals surface area (Å²) in [6.45, 7) is 1.83. The first-order valence-electron chi connectivity index (χ1n) is 6.57. The second-order valence-corrected chi connectivity index (χ2v) is 6.30. The molecule has 0 aliphatic heterocycles. The summed E-state index contributed by atoms with van der Waals surface area (Å²) in [7, 11) is -3.72. The Labute approximate surface area is 123 Å². The monoisotopic (exact) mass is 311 g/mol. The lowest BCUT2D eigenvalue weighted by molar-refractivity contribution is -0.142. The Bertz CT molecular complexity index is 735. The van der Waals surface area contributed by atoms with Gasteiger partial charge in [0, 0.05) is 17.1 Å². The van der Waals surface area contributed by atoms with Crippen LogP contribution in [-0.4, -0.2) is 31.7 Å². The molecule has 0 aliphatic carbocycles. The summed E-state index contributed by atoms with van der Waals surface area (Å²) in [5.41, 5.74) is 0.830. The van der Waals surface area contributed by atoms with Crippen LogP contribution < -0.4 is 4.74 Å². The molecule has 1 aromatic carbocycles. The lowest BCUT2D eigenvalue weighted by Gasteiger charge is -2.13. The molecule has 2 rings (SSSR count). The molecule has 1 aromatic heterocycles. The van der Waals surface area contributed by atoms with Crippen LogP contribution in [-0.2, 0) is 19.1 Å². The third kappa shape index (κ3) is 4.05. The number of hydrogen-bond donors (Lipinski definition) is 1. The van der Waals surface area contributed by atoms with Crippen LogP contribution >= 0.6 is 0 Å². The molecule has 0 fully saturated rings. The van der Waals surface area contributed by atoms with Gasteiger partial charge in [0.15, 0.2) is 11.9 Å². The highest BCUT2D eigenvalue weighted by molar-refractivity contribution is 7.86. The Morgan fingerprint density at radius 2 is 2.05 bits per heavy atom. The molecule has 0 spiro atoms. The molecule has 0 bridgehead atoms. The van der Waals surface area contributed by atoms with Crippen molar-refractivity contribution >= 4 is 27.0 Å². The maximum Gasteiger partial charge on any atom is 0.342 e. The van der Waals surface area contributed by atoms with Crippen molar-refractivity contribution in [3.63, 3.8) is 0 Å². The van der Waals surface area contributed by atoms with Crippen LogP contribution in [0, 0.1) is 0 Å². The summed E-state index contributed by atoms with van der Waals surface area (Å²) < 4.78 is 32.5. The summed E-state index contributed by atoms with van der Waals surface area (Å²) in [5, 5.41) is 0.750. The van der Waals surface area contributed by atoms with Crippen LogP contribution in [0.1, 0.15) is 19.8 Å². The molecular weight excluding hydrogens is 294 g/mol. The first-order valence-corrected chi connectivity index (χ1v) is 8.38. The molecule has 1 N–H and O–H groups in total. The van der Waals surface area contributed by atoms with E-state index in [1.807, 2.05) is 25.1 Å². The quantitative estimate of drug-likeness (QED) is 0.653. The Hall–Kier alpha value is -1.86. The summed E-state index contributed by atoms with van der Waals surface area (Å²) >= 11 is 0. The van der Waals surface area contributed by atoms with Crippen molar-refractivity contribution in [1.82, 2.24) is 4.98 Å². The topological polar surface area (TPSA) is 85.5 Å². The van der Waals surface area contributed by atoms with Gasteiger partial charge < -0.3 is 9.72 Å². The number of H-pyrrole nitrogens is 1. The van der Waals surface area contributed by atoms with E-state index < -0.39 is 22.2 Å². The highest BCUT2D eigenvalue weighted by atomic mass is 32.2. The molecule has 1 unspecified atom stereocenters. The predicted molar refractivity (Wildman–Crippen MR) is 78.6 cm³/mol. The van der Waals surface area contributed by atoms with E-state index in [1.165, 1.54) is 0 Å². The van der Waals surface area contributed by atoms with E-state index >= 15 is 0 Å². The first kappa shape index (κ1) is 15.5. The molecule has 6 nitrogen and oxygen atoms in total. The molecular formula is C14H17NO5S. The van der Waals surface area contributed by atoms with E-state index in [1.54, 1.807) is 12.3 Å². The third-order valence-corrected chi connectivity index (χ3v) is 3.45. The average Bonchev–Trinajstić information content (AvgIpc) is 2.80. The van der Waals surface area contributed by atoms with Gasteiger partial charge in [0.2, 0.25) is 0 Å². The van der Waals surface area contributed by atoms with Crippen molar-refractivity contribution in [2.75, 3.05) is 6.26 Å². The fourth-order valence-corrected chi connectivity index (χ4v) is 2.58. The minimum atomic E-state index is -3.72. The zero-order valence-corrected chi connectivity index (χ0v) is 12.6. The van der Waals surface area contributed by atoms with E-state index in [0.717, 1.165) is 17.2 Å². The van der Waals surface area contributed by atoms with Crippen LogP contribution in [0.3, 0.4) is 0 Å². The van der Waals surface area contributed by atoms with Crippen LogP contribution in [0.25, 0.3) is 10.9 Å². The Morgan fingerprint density at radius 3 is 2.71 bits per heavy atom. The van der Waals surface area contributed by atoms with E-state index in [4.69, 9.17) is 8.92 Å². The normalized spacial score (nSPS) is 13.2. The molecule has 21 heavy (non-hydrogen) atoms. The van der Waals surface area contributed by atoms with Crippen molar-refractivity contribution in [3.05, 3.63) is 30.5 Å². The highest BCUT2D eigenvalue weighted by Gasteiger charge is 2.25. The zero-order chi connectivity index (χ0) is 15.5. The number of carbonyl (C=O) groups excluding carboxylic acids is 1. The number of carbonyl (C=O) groups is 1. The Balaban J connectivity index is 2.18. The third-order valence-electron chi connectivity index (χ3n) is 2.87. The van der Waals surface area contributed by atoms with Gasteiger partial charge in [-0.1, -0.05) is 25.5 Å². The number of esters is 1. The summed E-state index contributed by atoms with van der Waals surface area (Å²) in [6, 6.07) is 7.34. The zero-order valence-electron chi connectivity index (χ0n) is 11.8. The minimum absolute atomic E-state index is 0.272. The fourth-order valence-electron chi connectivity index (χ4n) is 1.98. The van der Waals surface area contributed by atoms with Crippen LogP contribution in [0.5, 0.6) is 5.75 Å². The highest BCUT2D eigenvalue weighted by Crippen LogP contribution is 2.25. The summed E-state index contributed by atoms with van der Waals surface area (Å²) in [4.78, 5) is 15.1. The molecule has 0 amide bonds. The second-order valence-electron chi connectivity index (χ2n) is 4.70. The predicted octanol–water partition coefficient (Wildman–Crippen LogP) is 2.22. The maximum absolute atomic E-state index is 12.1. The number of aromatic amines is 1. The van der Waals surface area contributed by atoms with Crippen molar-refractivity contribution in [2.45, 2.75) is 25.9 Å². The number of fused-ring (bicyclic) bond motifs is 1. The van der Waals surface area contributed by atoms with Gasteiger partial charge in [-0.25, -0.2) is 4.79 Å². The number of nitrogens with one attached hydrogen (secondary N) is 1. The number of benzene rings is 1. The lowest BCUT2D eigenvalue weighted by Crippen LogP contribution is -2.30. The van der Waals surface area contributed by atoms with E-state index in [9.17, 15) is 13.2 Å². The maximum atomic E-state index is 12.1. The Kier molecular flexibility index (Phi) is 4.64. The number of rotatable bonds is 6. The summed E-state index contributed by atoms with van der Waals surface area (Å²) in [6.07, 6.45) is 2.22. The molecule has 0 saturated carbocycles. The van der Waals surface area contributed by atoms with Gasteiger partial charge in [-0.15, -0.1) is 0 Å². The van der Waals surface area contributed by atoms with Gasteiger partial charge in [0.05, 0.1) is 6.26 Å². The summed E-state index contributed by atoms with van der Waals surface area (Å²) in [5.74, 6) is -0.360. The van der Waals surface area contributed by atoms with Gasteiger partial charge in [0.1, 0.15) is 0 Å². The minimum Gasteiger partial charge on any atom is -0.422 e. The van der Waals surface area contributed by atoms with Gasteiger partial charge >= 0.3 is 5.97 Å². The van der Waals surface area contributed by atoms with Crippen molar-refractivity contribution in [1.29, 1.82) is 0 Å². The fraction of sp³-hybridized carbons (Fsp3) is 0.357. The van der Waals surface area contributed by atoms with Crippen molar-refractivity contribution < 1.29 is 22.1 Å². The lowest BCUT2D eigenvalue weighted by atomic mass is 10.2. The molecule has 0 saturated heterocycles. The standard InChI is InChI=1S/C14H17NO5S/c1-3-6-12(20-21(2,17)18)14(16)19-13-9-15-11-8-5-4-7-10(11)13/h4-5,7-9,12,15H,3,6H2,1-2H3. The van der Waals surface area contributed by atoms with Gasteiger partial charge in [-0.05, 0) is 18.6 Å². The number of para-hydroxylation sites is 1. The van der Waals surface area contributed by atoms with Crippen LogP contribution in [0.4, 0.5) is 0 Å². The number of hydrogen-bond acceptors (Lipinski definition) is 5. The van der Waals surface area contributed by atoms with Crippen molar-refractivity contribution in [2.24, 2.45) is 0 Å². The second kappa shape index (κ2) is 6.28. The SMILES string of the molecule is CCCC(OS(C)(=O)=O)C(=O)Oc1c[nH]c2ccccc12. The van der Waals surface area contributed by atoms with Gasteiger partial charge in [0.25, 0.3) is 10.1 Å². The van der Waals surface area contributed by atoms with Gasteiger partial charge in [-0.3, -0.25) is 4.18 Å². The van der Waals surface area contributed by atoms with E-state index in [-0.39, 0.29) is 6.42 Å². The average molecular weight is 311 g/mol. The Morgan fingerprint density at radius 1 is 1.33 bits per heavy atom. The first-order chi connectivity index (χ1) is 9.90. The largest absolute Gasteiger partial charge is 0.422 e. The molecule has 1 atom stereocenters. The molecule has 1 heterocycles. The van der Waals surface area contributed by atoms with Crippen molar-refractivity contribution in [3.8, 4) is 5.75 Å². The number of aromatic nitrogens is 1. The van der Waals surface area contributed by atoms with Gasteiger partial charge in [-0.2, -0.15) is 8.42 Å². The number of ether oxygens (including phenoxy) is 1. The van der Waals surface area contributed by atoms with Crippen LogP contribution in [0.2, 0.25) is 0 Å². The van der Waals surface area contributed by atoms with E-state index in [2.05, 4.69) is 4.98 Å².